The molecule has 18 heavy (non-hydrogen) atoms. The van der Waals surface area contributed by atoms with Crippen molar-refractivity contribution in [2.45, 2.75) is 27.2 Å². The first-order valence-corrected chi connectivity index (χ1v) is 6.53. The van der Waals surface area contributed by atoms with E-state index in [1.165, 1.54) is 22.3 Å². The molecule has 0 heterocycles. The van der Waals surface area contributed by atoms with Crippen molar-refractivity contribution in [2.24, 2.45) is 5.73 Å². The van der Waals surface area contributed by atoms with E-state index >= 15 is 0 Å². The Labute approximate surface area is 111 Å². The van der Waals surface area contributed by atoms with E-state index in [0.29, 0.717) is 0 Å². The molecule has 0 radical (unpaired) electrons. The Morgan fingerprint density at radius 2 is 1.83 bits per heavy atom. The van der Waals surface area contributed by atoms with Gasteiger partial charge in [-0.2, -0.15) is 0 Å². The lowest BCUT2D eigenvalue weighted by Gasteiger charge is -2.19. The van der Waals surface area contributed by atoms with Gasteiger partial charge in [0.2, 0.25) is 0 Å². The van der Waals surface area contributed by atoms with E-state index in [0.717, 1.165) is 31.8 Å². The largest absolute Gasteiger partial charge is 0.496 e. The van der Waals surface area contributed by atoms with E-state index in [4.69, 9.17) is 10.5 Å². The molecular formula is C15H26N2O. The second-order valence-electron chi connectivity index (χ2n) is 4.98. The van der Waals surface area contributed by atoms with Gasteiger partial charge in [-0.3, -0.25) is 0 Å². The molecule has 0 aliphatic carbocycles. The van der Waals surface area contributed by atoms with Crippen LogP contribution in [0.4, 0.5) is 0 Å². The Balaban J connectivity index is 2.84. The standard InChI is InChI=1S/C15H26N2O/c1-11-10-14(6-8-17(4)9-7-16)12(2)13(3)15(11)18-5/h10H,6-9,16H2,1-5H3. The quantitative estimate of drug-likeness (QED) is 0.840. The van der Waals surface area contributed by atoms with Crippen molar-refractivity contribution in [2.75, 3.05) is 33.8 Å². The summed E-state index contributed by atoms with van der Waals surface area (Å²) in [5, 5.41) is 0. The first kappa shape index (κ1) is 15.0. The highest BCUT2D eigenvalue weighted by Crippen LogP contribution is 2.28. The van der Waals surface area contributed by atoms with Gasteiger partial charge in [0.05, 0.1) is 7.11 Å². The van der Waals surface area contributed by atoms with Crippen LogP contribution in [0, 0.1) is 20.8 Å². The van der Waals surface area contributed by atoms with Crippen LogP contribution in [0.1, 0.15) is 22.3 Å². The molecule has 0 amide bonds. The highest BCUT2D eigenvalue weighted by Gasteiger charge is 2.10. The average Bonchev–Trinajstić information content (AvgIpc) is 2.33. The predicted molar refractivity (Wildman–Crippen MR) is 77.5 cm³/mol. The number of hydrogen-bond acceptors (Lipinski definition) is 3. The zero-order valence-electron chi connectivity index (χ0n) is 12.3. The fourth-order valence-corrected chi connectivity index (χ4v) is 2.36. The molecule has 1 rings (SSSR count). The molecule has 0 bridgehead atoms. The monoisotopic (exact) mass is 250 g/mol. The third-order valence-corrected chi connectivity index (χ3v) is 3.61. The Hall–Kier alpha value is -1.06. The molecule has 102 valence electrons. The van der Waals surface area contributed by atoms with Crippen LogP contribution >= 0.6 is 0 Å². The summed E-state index contributed by atoms with van der Waals surface area (Å²) >= 11 is 0. The van der Waals surface area contributed by atoms with Crippen molar-refractivity contribution >= 4 is 0 Å². The summed E-state index contributed by atoms with van der Waals surface area (Å²) in [6.07, 6.45) is 1.06. The van der Waals surface area contributed by atoms with Crippen LogP contribution in [-0.2, 0) is 6.42 Å². The third-order valence-electron chi connectivity index (χ3n) is 3.61. The second kappa shape index (κ2) is 6.76. The molecule has 0 aromatic heterocycles. The number of nitrogens with zero attached hydrogens (tertiary/aromatic N) is 1. The van der Waals surface area contributed by atoms with Gasteiger partial charge >= 0.3 is 0 Å². The lowest BCUT2D eigenvalue weighted by Crippen LogP contribution is -2.27. The molecule has 3 nitrogen and oxygen atoms in total. The fraction of sp³-hybridized carbons (Fsp3) is 0.600. The lowest BCUT2D eigenvalue weighted by molar-refractivity contribution is 0.347. The molecule has 0 saturated carbocycles. The Kier molecular flexibility index (Phi) is 5.63. The van der Waals surface area contributed by atoms with Gasteiger partial charge in [-0.05, 0) is 56.5 Å². The predicted octanol–water partition coefficient (Wildman–Crippen LogP) is 2.05. The smallest absolute Gasteiger partial charge is 0.124 e. The Morgan fingerprint density at radius 1 is 1.17 bits per heavy atom. The average molecular weight is 250 g/mol. The van der Waals surface area contributed by atoms with Gasteiger partial charge in [0.25, 0.3) is 0 Å². The van der Waals surface area contributed by atoms with Crippen molar-refractivity contribution in [3.05, 3.63) is 28.3 Å². The minimum Gasteiger partial charge on any atom is -0.496 e. The van der Waals surface area contributed by atoms with Gasteiger partial charge < -0.3 is 15.4 Å². The number of aryl methyl sites for hydroxylation is 1. The molecule has 0 aliphatic rings. The van der Waals surface area contributed by atoms with E-state index in [-0.39, 0.29) is 0 Å². The van der Waals surface area contributed by atoms with Crippen LogP contribution in [0.2, 0.25) is 0 Å². The van der Waals surface area contributed by atoms with E-state index in [1.807, 2.05) is 0 Å². The molecule has 0 unspecified atom stereocenters. The van der Waals surface area contributed by atoms with E-state index in [9.17, 15) is 0 Å². The molecule has 1 aromatic carbocycles. The lowest BCUT2D eigenvalue weighted by atomic mass is 9.96. The number of benzene rings is 1. The summed E-state index contributed by atoms with van der Waals surface area (Å²) < 4.78 is 5.45. The molecule has 3 heteroatoms. The first-order chi connectivity index (χ1) is 8.51. The fourth-order valence-electron chi connectivity index (χ4n) is 2.36. The summed E-state index contributed by atoms with van der Waals surface area (Å²) in [5.74, 6) is 1.02. The molecule has 2 N–H and O–H groups in total. The van der Waals surface area contributed by atoms with E-state index in [1.54, 1.807) is 7.11 Å². The minimum atomic E-state index is 0.718. The zero-order valence-corrected chi connectivity index (χ0v) is 12.3. The van der Waals surface area contributed by atoms with Gasteiger partial charge in [0, 0.05) is 19.6 Å². The van der Waals surface area contributed by atoms with Crippen molar-refractivity contribution < 1.29 is 4.74 Å². The van der Waals surface area contributed by atoms with Crippen LogP contribution in [0.3, 0.4) is 0 Å². The molecule has 0 saturated heterocycles. The summed E-state index contributed by atoms with van der Waals surface area (Å²) in [6, 6.07) is 2.25. The number of nitrogens with two attached hydrogens (primary N) is 1. The minimum absolute atomic E-state index is 0.718. The van der Waals surface area contributed by atoms with E-state index in [2.05, 4.69) is 38.8 Å². The highest BCUT2D eigenvalue weighted by molar-refractivity contribution is 5.49. The van der Waals surface area contributed by atoms with Crippen LogP contribution in [0.15, 0.2) is 6.07 Å². The van der Waals surface area contributed by atoms with Crippen molar-refractivity contribution in [3.8, 4) is 5.75 Å². The molecule has 0 fully saturated rings. The van der Waals surface area contributed by atoms with Gasteiger partial charge in [-0.25, -0.2) is 0 Å². The topological polar surface area (TPSA) is 38.5 Å². The normalized spacial score (nSPS) is 11.1. The number of hydrogen-bond donors (Lipinski definition) is 1. The summed E-state index contributed by atoms with van der Waals surface area (Å²) in [5.41, 5.74) is 10.8. The molecular weight excluding hydrogens is 224 g/mol. The third kappa shape index (κ3) is 3.47. The van der Waals surface area contributed by atoms with Crippen molar-refractivity contribution in [3.63, 3.8) is 0 Å². The van der Waals surface area contributed by atoms with Gasteiger partial charge in [0.1, 0.15) is 5.75 Å². The number of methoxy groups -OCH3 is 1. The van der Waals surface area contributed by atoms with Crippen molar-refractivity contribution in [1.82, 2.24) is 4.90 Å². The van der Waals surface area contributed by atoms with Crippen LogP contribution in [0.25, 0.3) is 0 Å². The highest BCUT2D eigenvalue weighted by atomic mass is 16.5. The van der Waals surface area contributed by atoms with Gasteiger partial charge in [-0.15, -0.1) is 0 Å². The van der Waals surface area contributed by atoms with Gasteiger partial charge in [-0.1, -0.05) is 6.07 Å². The van der Waals surface area contributed by atoms with Crippen LogP contribution < -0.4 is 10.5 Å². The first-order valence-electron chi connectivity index (χ1n) is 6.53. The summed E-state index contributed by atoms with van der Waals surface area (Å²) in [4.78, 5) is 2.27. The van der Waals surface area contributed by atoms with Crippen molar-refractivity contribution in [1.29, 1.82) is 0 Å². The van der Waals surface area contributed by atoms with Gasteiger partial charge in [0.15, 0.2) is 0 Å². The second-order valence-corrected chi connectivity index (χ2v) is 4.98. The van der Waals surface area contributed by atoms with E-state index < -0.39 is 0 Å². The number of rotatable bonds is 6. The summed E-state index contributed by atoms with van der Waals surface area (Å²) in [7, 11) is 3.86. The number of likely N-dealkylation sites (N-methyl/N-ethyl adjacent to an activating group) is 1. The SMILES string of the molecule is COc1c(C)cc(CCN(C)CCN)c(C)c1C. The van der Waals surface area contributed by atoms with Crippen LogP contribution in [0.5, 0.6) is 5.75 Å². The molecule has 0 aliphatic heterocycles. The van der Waals surface area contributed by atoms with Crippen LogP contribution in [-0.4, -0.2) is 38.7 Å². The Bertz CT molecular complexity index is 402. The number of ether oxygens (including phenoxy) is 1. The maximum Gasteiger partial charge on any atom is 0.124 e. The summed E-state index contributed by atoms with van der Waals surface area (Å²) in [6.45, 7) is 9.13. The maximum atomic E-state index is 5.56. The molecule has 1 aromatic rings. The molecule has 0 atom stereocenters. The Morgan fingerprint density at radius 3 is 2.39 bits per heavy atom. The zero-order chi connectivity index (χ0) is 13.7. The maximum absolute atomic E-state index is 5.56. The molecule has 0 spiro atoms.